The van der Waals surface area contributed by atoms with Crippen LogP contribution in [0.25, 0.3) is 0 Å². The maximum Gasteiger partial charge on any atom is 0.0619 e. The number of hydrogen-bond acceptors (Lipinski definition) is 1. The molecule has 1 saturated heterocycles. The number of fused-ring (bicyclic) bond motifs is 1. The first-order chi connectivity index (χ1) is 7.10. The second-order valence-corrected chi connectivity index (χ2v) is 5.82. The summed E-state index contributed by atoms with van der Waals surface area (Å²) in [6.07, 6.45) is 6.18. The summed E-state index contributed by atoms with van der Waals surface area (Å²) < 4.78 is 1.35. The highest BCUT2D eigenvalue weighted by Crippen LogP contribution is 2.44. The molecule has 0 radical (unpaired) electrons. The van der Waals surface area contributed by atoms with Crippen molar-refractivity contribution in [2.75, 3.05) is 13.1 Å². The molecule has 2 aliphatic rings. The molecule has 0 aromatic carbocycles. The fourth-order valence-corrected chi connectivity index (χ4v) is 3.33. The molecule has 1 nitrogen and oxygen atoms in total. The smallest absolute Gasteiger partial charge is 0.0619 e. The van der Waals surface area contributed by atoms with Crippen molar-refractivity contribution < 1.29 is 0 Å². The van der Waals surface area contributed by atoms with E-state index in [1.807, 2.05) is 0 Å². The van der Waals surface area contributed by atoms with Crippen LogP contribution in [0.15, 0.2) is 21.7 Å². The van der Waals surface area contributed by atoms with Gasteiger partial charge in [0, 0.05) is 6.54 Å². The Morgan fingerprint density at radius 1 is 1.53 bits per heavy atom. The minimum absolute atomic E-state index is 0.263. The third-order valence-electron chi connectivity index (χ3n) is 4.00. The summed E-state index contributed by atoms with van der Waals surface area (Å²) in [4.78, 5) is 2.63. The van der Waals surface area contributed by atoms with Gasteiger partial charge in [-0.15, -0.1) is 0 Å². The van der Waals surface area contributed by atoms with Crippen LogP contribution in [0.5, 0.6) is 0 Å². The highest BCUT2D eigenvalue weighted by molar-refractivity contribution is 9.11. The molecule has 0 N–H and O–H groups in total. The maximum absolute atomic E-state index is 3.68. The van der Waals surface area contributed by atoms with Gasteiger partial charge >= 0.3 is 0 Å². The van der Waals surface area contributed by atoms with Crippen LogP contribution in [-0.4, -0.2) is 23.5 Å². The van der Waals surface area contributed by atoms with Crippen LogP contribution in [0.2, 0.25) is 0 Å². The Hall–Kier alpha value is -0.0800. The van der Waals surface area contributed by atoms with Crippen LogP contribution >= 0.6 is 15.9 Å². The number of halogens is 1. The number of allylic oxidation sites excluding steroid dienone is 1. The molecule has 2 rings (SSSR count). The molecule has 1 atom stereocenters. The fraction of sp³-hybridized carbons (Fsp3) is 0.692. The second-order valence-electron chi connectivity index (χ2n) is 4.80. The number of rotatable bonds is 2. The van der Waals surface area contributed by atoms with Gasteiger partial charge < -0.3 is 0 Å². The first kappa shape index (κ1) is 11.4. The van der Waals surface area contributed by atoms with Crippen molar-refractivity contribution in [3.63, 3.8) is 0 Å². The normalized spacial score (nSPS) is 32.7. The van der Waals surface area contributed by atoms with Gasteiger partial charge in [-0.05, 0) is 49.7 Å². The van der Waals surface area contributed by atoms with Crippen LogP contribution in [0, 0.1) is 0 Å². The Bertz CT molecular complexity index is 329. The Balaban J connectivity index is 2.38. The first-order valence-electron chi connectivity index (χ1n) is 5.89. The molecule has 2 heteroatoms. The lowest BCUT2D eigenvalue weighted by atomic mass is 9.88. The van der Waals surface area contributed by atoms with Crippen molar-refractivity contribution >= 4 is 15.9 Å². The lowest BCUT2D eigenvalue weighted by Crippen LogP contribution is -2.38. The van der Waals surface area contributed by atoms with E-state index in [9.17, 15) is 0 Å². The van der Waals surface area contributed by atoms with Gasteiger partial charge in [-0.2, -0.15) is 0 Å². The van der Waals surface area contributed by atoms with Gasteiger partial charge in [0.25, 0.3) is 0 Å². The second kappa shape index (κ2) is 4.06. The van der Waals surface area contributed by atoms with E-state index in [1.165, 1.54) is 30.4 Å². The topological polar surface area (TPSA) is 3.24 Å². The van der Waals surface area contributed by atoms with Gasteiger partial charge in [0.2, 0.25) is 0 Å². The Kier molecular flexibility index (Phi) is 3.09. The standard InChI is InChI=1S/C13H20BrN/c1-4-12(14)8-13-6-5-7-15(13)9-10(2)11(13)3/h8H,4-7,9H2,1-3H3/b12-8-. The van der Waals surface area contributed by atoms with E-state index in [2.05, 4.69) is 47.7 Å². The Morgan fingerprint density at radius 2 is 2.27 bits per heavy atom. The predicted molar refractivity (Wildman–Crippen MR) is 69.2 cm³/mol. The van der Waals surface area contributed by atoms with E-state index >= 15 is 0 Å². The number of nitrogens with zero attached hydrogens (tertiary/aromatic N) is 1. The van der Waals surface area contributed by atoms with E-state index in [4.69, 9.17) is 0 Å². The van der Waals surface area contributed by atoms with E-state index in [-0.39, 0.29) is 5.54 Å². The van der Waals surface area contributed by atoms with Gasteiger partial charge in [-0.3, -0.25) is 4.90 Å². The molecule has 0 aliphatic carbocycles. The molecule has 1 fully saturated rings. The zero-order chi connectivity index (χ0) is 11.1. The van der Waals surface area contributed by atoms with Gasteiger partial charge in [0.05, 0.1) is 5.54 Å². The van der Waals surface area contributed by atoms with Crippen LogP contribution in [-0.2, 0) is 0 Å². The van der Waals surface area contributed by atoms with Crippen molar-refractivity contribution in [2.45, 2.75) is 45.6 Å². The van der Waals surface area contributed by atoms with Crippen molar-refractivity contribution in [3.05, 3.63) is 21.7 Å². The third-order valence-corrected chi connectivity index (χ3v) is 4.79. The maximum atomic E-state index is 3.68. The third kappa shape index (κ3) is 1.72. The minimum Gasteiger partial charge on any atom is -0.287 e. The number of hydrogen-bond donors (Lipinski definition) is 0. The molecule has 15 heavy (non-hydrogen) atoms. The monoisotopic (exact) mass is 269 g/mol. The molecule has 0 saturated carbocycles. The SMILES string of the molecule is CC/C(Br)=C/C12CCCN1CC(C)=C2C. The van der Waals surface area contributed by atoms with Crippen molar-refractivity contribution in [1.82, 2.24) is 4.90 Å². The average molecular weight is 270 g/mol. The zero-order valence-corrected chi connectivity index (χ0v) is 11.5. The summed E-state index contributed by atoms with van der Waals surface area (Å²) >= 11 is 3.68. The van der Waals surface area contributed by atoms with Crippen molar-refractivity contribution in [2.24, 2.45) is 0 Å². The highest BCUT2D eigenvalue weighted by Gasteiger charge is 2.45. The molecule has 0 amide bonds. The quantitative estimate of drug-likeness (QED) is 0.689. The first-order valence-corrected chi connectivity index (χ1v) is 6.68. The summed E-state index contributed by atoms with van der Waals surface area (Å²) in [6.45, 7) is 9.23. The lowest BCUT2D eigenvalue weighted by Gasteiger charge is -2.31. The molecule has 0 spiro atoms. The van der Waals surface area contributed by atoms with Crippen LogP contribution < -0.4 is 0 Å². The fourth-order valence-electron chi connectivity index (χ4n) is 2.95. The van der Waals surface area contributed by atoms with E-state index in [0.717, 1.165) is 6.42 Å². The van der Waals surface area contributed by atoms with Crippen LogP contribution in [0.1, 0.15) is 40.0 Å². The van der Waals surface area contributed by atoms with Crippen LogP contribution in [0.3, 0.4) is 0 Å². The van der Waals surface area contributed by atoms with E-state index in [0.29, 0.717) is 0 Å². The molecule has 2 aliphatic heterocycles. The van der Waals surface area contributed by atoms with Crippen LogP contribution in [0.4, 0.5) is 0 Å². The summed E-state index contributed by atoms with van der Waals surface area (Å²) in [5.41, 5.74) is 3.42. The van der Waals surface area contributed by atoms with Crippen molar-refractivity contribution in [1.29, 1.82) is 0 Å². The zero-order valence-electron chi connectivity index (χ0n) is 9.94. The van der Waals surface area contributed by atoms with Gasteiger partial charge in [-0.1, -0.05) is 34.5 Å². The molecular formula is C13H20BrN. The summed E-state index contributed by atoms with van der Waals surface area (Å²) in [7, 11) is 0. The molecule has 84 valence electrons. The van der Waals surface area contributed by atoms with E-state index in [1.54, 1.807) is 11.1 Å². The molecule has 0 aromatic rings. The average Bonchev–Trinajstić information content (AvgIpc) is 2.69. The molecule has 0 aromatic heterocycles. The summed E-state index contributed by atoms with van der Waals surface area (Å²) in [6, 6.07) is 0. The Labute approximate surface area is 101 Å². The largest absolute Gasteiger partial charge is 0.287 e. The minimum atomic E-state index is 0.263. The predicted octanol–water partition coefficient (Wildman–Crippen LogP) is 3.86. The summed E-state index contributed by atoms with van der Waals surface area (Å²) in [5, 5.41) is 0. The molecule has 1 unspecified atom stereocenters. The highest BCUT2D eigenvalue weighted by atomic mass is 79.9. The van der Waals surface area contributed by atoms with Gasteiger partial charge in [0.15, 0.2) is 0 Å². The van der Waals surface area contributed by atoms with Gasteiger partial charge in [-0.25, -0.2) is 0 Å². The molecule has 0 bridgehead atoms. The van der Waals surface area contributed by atoms with Crippen molar-refractivity contribution in [3.8, 4) is 0 Å². The van der Waals surface area contributed by atoms with Gasteiger partial charge in [0.1, 0.15) is 0 Å². The molecular weight excluding hydrogens is 250 g/mol. The lowest BCUT2D eigenvalue weighted by molar-refractivity contribution is 0.264. The molecule has 2 heterocycles. The van der Waals surface area contributed by atoms with E-state index < -0.39 is 0 Å². The summed E-state index contributed by atoms with van der Waals surface area (Å²) in [5.74, 6) is 0. The Morgan fingerprint density at radius 3 is 2.93 bits per heavy atom.